The van der Waals surface area contributed by atoms with Crippen molar-refractivity contribution < 1.29 is 23.9 Å². The number of fused-ring (bicyclic) bond motifs is 5. The molecule has 2 fully saturated rings. The second-order valence-electron chi connectivity index (χ2n) is 6.17. The molecule has 7 heteroatoms. The average molecular weight is 392 g/mol. The highest BCUT2D eigenvalue weighted by Crippen LogP contribution is 2.52. The van der Waals surface area contributed by atoms with Gasteiger partial charge in [-0.1, -0.05) is 22.0 Å². The van der Waals surface area contributed by atoms with E-state index < -0.39 is 29.5 Å². The first-order valence-corrected chi connectivity index (χ1v) is 8.36. The normalized spacial score (nSPS) is 33.2. The molecule has 2 bridgehead atoms. The third kappa shape index (κ3) is 2.08. The van der Waals surface area contributed by atoms with Crippen LogP contribution in [0.15, 0.2) is 40.9 Å². The SMILES string of the molecule is CC(=O)OC[C@@]12C=C[C@@H](O1)[C@@H]1C(=O)N(c3ccc(Br)cc3)C(=O)[C@H]12. The van der Waals surface area contributed by atoms with Gasteiger partial charge in [-0.2, -0.15) is 0 Å². The molecule has 24 heavy (non-hydrogen) atoms. The quantitative estimate of drug-likeness (QED) is 0.446. The molecule has 2 amide bonds. The lowest BCUT2D eigenvalue weighted by molar-refractivity contribution is -0.150. The topological polar surface area (TPSA) is 72.9 Å². The largest absolute Gasteiger partial charge is 0.462 e. The molecule has 4 rings (SSSR count). The predicted octanol–water partition coefficient (Wildman–Crippen LogP) is 1.83. The fraction of sp³-hybridized carbons (Fsp3) is 0.353. The highest BCUT2D eigenvalue weighted by Gasteiger charge is 2.68. The number of ether oxygens (including phenoxy) is 2. The summed E-state index contributed by atoms with van der Waals surface area (Å²) in [7, 11) is 0. The molecule has 0 radical (unpaired) electrons. The zero-order chi connectivity index (χ0) is 17.1. The van der Waals surface area contributed by atoms with E-state index in [1.807, 2.05) is 0 Å². The molecule has 3 aliphatic rings. The molecule has 1 aromatic rings. The summed E-state index contributed by atoms with van der Waals surface area (Å²) in [5.41, 5.74) is -0.512. The Morgan fingerprint density at radius 2 is 2.00 bits per heavy atom. The van der Waals surface area contributed by atoms with Crippen LogP contribution in [-0.4, -0.2) is 36.1 Å². The van der Waals surface area contributed by atoms with Gasteiger partial charge in [0.2, 0.25) is 11.8 Å². The number of carbonyl (C=O) groups excluding carboxylic acids is 3. The lowest BCUT2D eigenvalue weighted by Gasteiger charge is -2.28. The Morgan fingerprint density at radius 1 is 1.29 bits per heavy atom. The minimum atomic E-state index is -1.04. The lowest BCUT2D eigenvalue weighted by atomic mass is 9.77. The van der Waals surface area contributed by atoms with Crippen LogP contribution in [0.1, 0.15) is 6.92 Å². The van der Waals surface area contributed by atoms with Crippen molar-refractivity contribution in [2.45, 2.75) is 18.6 Å². The molecule has 0 saturated carbocycles. The summed E-state index contributed by atoms with van der Waals surface area (Å²) in [5.74, 6) is -2.27. The van der Waals surface area contributed by atoms with E-state index >= 15 is 0 Å². The van der Waals surface area contributed by atoms with Gasteiger partial charge in [0.15, 0.2) is 0 Å². The highest BCUT2D eigenvalue weighted by molar-refractivity contribution is 9.10. The lowest BCUT2D eigenvalue weighted by Crippen LogP contribution is -2.44. The Bertz CT molecular complexity index is 774. The van der Waals surface area contributed by atoms with Crippen LogP contribution in [0.25, 0.3) is 0 Å². The maximum atomic E-state index is 13.0. The Kier molecular flexibility index (Phi) is 3.40. The minimum Gasteiger partial charge on any atom is -0.462 e. The van der Waals surface area contributed by atoms with Gasteiger partial charge in [0.1, 0.15) is 12.2 Å². The van der Waals surface area contributed by atoms with E-state index in [1.54, 1.807) is 36.4 Å². The fourth-order valence-electron chi connectivity index (χ4n) is 3.73. The number of benzene rings is 1. The summed E-state index contributed by atoms with van der Waals surface area (Å²) in [6.45, 7) is 1.23. The van der Waals surface area contributed by atoms with Gasteiger partial charge in [0.25, 0.3) is 0 Å². The van der Waals surface area contributed by atoms with Crippen molar-refractivity contribution >= 4 is 39.4 Å². The Morgan fingerprint density at radius 3 is 2.67 bits per heavy atom. The number of halogens is 1. The van der Waals surface area contributed by atoms with Crippen LogP contribution in [0.2, 0.25) is 0 Å². The first-order chi connectivity index (χ1) is 11.4. The van der Waals surface area contributed by atoms with Crippen LogP contribution in [-0.2, 0) is 23.9 Å². The number of carbonyl (C=O) groups is 3. The van der Waals surface area contributed by atoms with E-state index in [1.165, 1.54) is 11.8 Å². The van der Waals surface area contributed by atoms with E-state index in [0.29, 0.717) is 5.69 Å². The minimum absolute atomic E-state index is 0.0658. The van der Waals surface area contributed by atoms with Crippen LogP contribution in [0.5, 0.6) is 0 Å². The number of hydrogen-bond donors (Lipinski definition) is 0. The molecule has 2 saturated heterocycles. The van der Waals surface area contributed by atoms with Gasteiger partial charge in [0.05, 0.1) is 23.6 Å². The van der Waals surface area contributed by atoms with E-state index in [9.17, 15) is 14.4 Å². The van der Waals surface area contributed by atoms with Gasteiger partial charge < -0.3 is 9.47 Å². The summed E-state index contributed by atoms with van der Waals surface area (Å²) >= 11 is 3.34. The van der Waals surface area contributed by atoms with Crippen molar-refractivity contribution in [3.05, 3.63) is 40.9 Å². The van der Waals surface area contributed by atoms with Crippen molar-refractivity contribution in [2.24, 2.45) is 11.8 Å². The molecule has 1 aromatic carbocycles. The molecule has 0 aliphatic carbocycles. The first-order valence-electron chi connectivity index (χ1n) is 7.57. The summed E-state index contributed by atoms with van der Waals surface area (Å²) in [4.78, 5) is 38.2. The Balaban J connectivity index is 1.69. The Labute approximate surface area is 146 Å². The summed E-state index contributed by atoms with van der Waals surface area (Å²) in [6.07, 6.45) is 3.07. The van der Waals surface area contributed by atoms with E-state index in [2.05, 4.69) is 15.9 Å². The second kappa shape index (κ2) is 5.26. The molecule has 0 N–H and O–H groups in total. The maximum absolute atomic E-state index is 13.0. The van der Waals surface area contributed by atoms with Crippen LogP contribution in [0.3, 0.4) is 0 Å². The number of hydrogen-bond acceptors (Lipinski definition) is 5. The number of esters is 1. The molecular formula is C17H14BrNO5. The van der Waals surface area contributed by atoms with Crippen molar-refractivity contribution in [3.8, 4) is 0 Å². The number of anilines is 1. The fourth-order valence-corrected chi connectivity index (χ4v) is 3.99. The molecule has 3 heterocycles. The third-order valence-corrected chi connectivity index (χ3v) is 5.27. The smallest absolute Gasteiger partial charge is 0.302 e. The summed E-state index contributed by atoms with van der Waals surface area (Å²) < 4.78 is 11.8. The van der Waals surface area contributed by atoms with Crippen LogP contribution < -0.4 is 4.90 Å². The van der Waals surface area contributed by atoms with Crippen molar-refractivity contribution in [3.63, 3.8) is 0 Å². The van der Waals surface area contributed by atoms with Crippen molar-refractivity contribution in [1.82, 2.24) is 0 Å². The van der Waals surface area contributed by atoms with E-state index in [4.69, 9.17) is 9.47 Å². The number of imide groups is 1. The van der Waals surface area contributed by atoms with Crippen LogP contribution in [0.4, 0.5) is 5.69 Å². The predicted molar refractivity (Wildman–Crippen MR) is 87.0 cm³/mol. The van der Waals surface area contributed by atoms with Crippen molar-refractivity contribution in [1.29, 1.82) is 0 Å². The van der Waals surface area contributed by atoms with Crippen molar-refractivity contribution in [2.75, 3.05) is 11.5 Å². The monoisotopic (exact) mass is 391 g/mol. The van der Waals surface area contributed by atoms with Gasteiger partial charge in [0, 0.05) is 11.4 Å². The van der Waals surface area contributed by atoms with E-state index in [-0.39, 0.29) is 18.4 Å². The number of amides is 2. The third-order valence-electron chi connectivity index (χ3n) is 4.74. The molecule has 0 aromatic heterocycles. The summed E-state index contributed by atoms with van der Waals surface area (Å²) in [6, 6.07) is 7.00. The zero-order valence-corrected chi connectivity index (χ0v) is 14.4. The number of rotatable bonds is 3. The maximum Gasteiger partial charge on any atom is 0.302 e. The van der Waals surface area contributed by atoms with Gasteiger partial charge in [-0.3, -0.25) is 14.4 Å². The second-order valence-corrected chi connectivity index (χ2v) is 7.08. The molecular weight excluding hydrogens is 378 g/mol. The first kappa shape index (κ1) is 15.5. The van der Waals surface area contributed by atoms with Gasteiger partial charge in [-0.05, 0) is 30.3 Å². The van der Waals surface area contributed by atoms with Gasteiger partial charge in [-0.15, -0.1) is 0 Å². The standard InChI is InChI=1S/C17H14BrNO5/c1-9(20)23-8-17-7-6-12(24-17)13-14(17)16(22)19(15(13)21)11-4-2-10(18)3-5-11/h2-7,12-14H,8H2,1H3/t12-,13+,14+,17-/m1/s1. The Hall–Kier alpha value is -1.99. The zero-order valence-electron chi connectivity index (χ0n) is 12.8. The van der Waals surface area contributed by atoms with Crippen LogP contribution in [0, 0.1) is 11.8 Å². The number of nitrogens with zero attached hydrogens (tertiary/aromatic N) is 1. The van der Waals surface area contributed by atoms with Gasteiger partial charge in [-0.25, -0.2) is 4.90 Å². The summed E-state index contributed by atoms with van der Waals surface area (Å²) in [5, 5.41) is 0. The molecule has 0 unspecified atom stereocenters. The molecule has 124 valence electrons. The molecule has 0 spiro atoms. The average Bonchev–Trinajstić information content (AvgIpc) is 3.18. The molecule has 6 nitrogen and oxygen atoms in total. The molecule has 3 aliphatic heterocycles. The molecule has 4 atom stereocenters. The van der Waals surface area contributed by atoms with Crippen LogP contribution >= 0.6 is 15.9 Å². The highest BCUT2D eigenvalue weighted by atomic mass is 79.9. The van der Waals surface area contributed by atoms with E-state index in [0.717, 1.165) is 4.47 Å². The van der Waals surface area contributed by atoms with Gasteiger partial charge >= 0.3 is 5.97 Å².